The van der Waals surface area contributed by atoms with Crippen molar-refractivity contribution in [1.82, 2.24) is 10.6 Å². The van der Waals surface area contributed by atoms with Gasteiger partial charge in [0.05, 0.1) is 12.1 Å². The van der Waals surface area contributed by atoms with Gasteiger partial charge in [-0.3, -0.25) is 25.0 Å². The normalized spacial score (nSPS) is 32.9. The number of carbonyl (C=O) groups is 3. The number of aliphatic carboxylic acids is 2. The lowest BCUT2D eigenvalue weighted by molar-refractivity contribution is -0.143. The van der Waals surface area contributed by atoms with Crippen LogP contribution in [0.25, 0.3) is 0 Å². The van der Waals surface area contributed by atoms with Gasteiger partial charge in [-0.25, -0.2) is 0 Å². The van der Waals surface area contributed by atoms with Gasteiger partial charge in [-0.2, -0.15) is 0 Å². The molecule has 0 spiro atoms. The summed E-state index contributed by atoms with van der Waals surface area (Å²) < 4.78 is 0. The molecule has 0 bridgehead atoms. The molecule has 1 heterocycles. The average Bonchev–Trinajstić information content (AvgIpc) is 2.57. The van der Waals surface area contributed by atoms with Crippen LogP contribution in [-0.4, -0.2) is 58.1 Å². The van der Waals surface area contributed by atoms with Crippen LogP contribution in [0.2, 0.25) is 0 Å². The summed E-state index contributed by atoms with van der Waals surface area (Å²) >= 11 is 0. The van der Waals surface area contributed by atoms with Gasteiger partial charge >= 0.3 is 11.9 Å². The second kappa shape index (κ2) is 8.25. The Morgan fingerprint density at radius 3 is 2.36 bits per heavy atom. The number of carboxylic acids is 2. The first kappa shape index (κ1) is 19.8. The summed E-state index contributed by atoms with van der Waals surface area (Å²) in [5.74, 6) is -1.90. The first-order chi connectivity index (χ1) is 11.7. The predicted molar refractivity (Wildman–Crippen MR) is 91.1 cm³/mol. The molecule has 2 fully saturated rings. The summed E-state index contributed by atoms with van der Waals surface area (Å²) in [6.45, 7) is 3.18. The van der Waals surface area contributed by atoms with Gasteiger partial charge in [0.2, 0.25) is 0 Å². The molecule has 1 saturated carbocycles. The van der Waals surface area contributed by atoms with E-state index in [1.807, 2.05) is 0 Å². The van der Waals surface area contributed by atoms with Crippen LogP contribution in [0.4, 0.5) is 0 Å². The van der Waals surface area contributed by atoms with E-state index in [0.29, 0.717) is 6.42 Å². The van der Waals surface area contributed by atoms with Gasteiger partial charge in [0, 0.05) is 6.04 Å². The highest BCUT2D eigenvalue weighted by Gasteiger charge is 2.45. The zero-order chi connectivity index (χ0) is 18.7. The minimum Gasteiger partial charge on any atom is -0.480 e. The first-order valence-corrected chi connectivity index (χ1v) is 8.99. The highest BCUT2D eigenvalue weighted by molar-refractivity contribution is 5.90. The fourth-order valence-electron chi connectivity index (χ4n) is 4.21. The maximum atomic E-state index is 13.0. The number of carbonyl (C=O) groups excluding carboxylic acids is 1. The molecule has 6 unspecified atom stereocenters. The molecule has 2 aliphatic rings. The number of ketones is 1. The summed E-state index contributed by atoms with van der Waals surface area (Å²) in [5, 5.41) is 24.4. The summed E-state index contributed by atoms with van der Waals surface area (Å²) in [4.78, 5) is 35.7. The fourth-order valence-corrected chi connectivity index (χ4v) is 4.21. The molecular formula is C17H29N3O5. The maximum absolute atomic E-state index is 13.0. The number of hydrogen-bond donors (Lipinski definition) is 5. The number of hydrogen-bond acceptors (Lipinski definition) is 6. The lowest BCUT2D eigenvalue weighted by Gasteiger charge is -2.44. The lowest BCUT2D eigenvalue weighted by atomic mass is 9.68. The Morgan fingerprint density at radius 1 is 1.16 bits per heavy atom. The van der Waals surface area contributed by atoms with Crippen molar-refractivity contribution < 1.29 is 24.6 Å². The van der Waals surface area contributed by atoms with Crippen LogP contribution in [0.1, 0.15) is 46.0 Å². The number of piperidine rings is 1. The van der Waals surface area contributed by atoms with Crippen molar-refractivity contribution in [3.05, 3.63) is 0 Å². The monoisotopic (exact) mass is 355 g/mol. The van der Waals surface area contributed by atoms with Gasteiger partial charge in [-0.15, -0.1) is 0 Å². The molecular weight excluding hydrogens is 326 g/mol. The standard InChI is InChI=1S/C17H29N3O5/c1-8(18)13(17(24)25)19-9(2)15(21)14-11-6-4-3-5-10(11)7-12(20-14)16(22)23/h8-14,19-20H,3-7,18H2,1-2H3,(H,22,23)(H,24,25)/t8?,9-,10?,11?,12?,13?,14?/m0/s1. The van der Waals surface area contributed by atoms with E-state index in [9.17, 15) is 24.6 Å². The Bertz CT molecular complexity index is 524. The number of carboxylic acid groups (broad SMARTS) is 2. The van der Waals surface area contributed by atoms with Crippen molar-refractivity contribution >= 4 is 17.7 Å². The van der Waals surface area contributed by atoms with Crippen molar-refractivity contribution in [1.29, 1.82) is 0 Å². The van der Waals surface area contributed by atoms with E-state index in [1.54, 1.807) is 13.8 Å². The predicted octanol–water partition coefficient (Wildman–Crippen LogP) is -0.0445. The number of rotatable bonds is 7. The van der Waals surface area contributed by atoms with E-state index >= 15 is 0 Å². The smallest absolute Gasteiger partial charge is 0.322 e. The second-order valence-electron chi connectivity index (χ2n) is 7.45. The summed E-state index contributed by atoms with van der Waals surface area (Å²) in [7, 11) is 0. The highest BCUT2D eigenvalue weighted by atomic mass is 16.4. The molecule has 0 aromatic rings. The maximum Gasteiger partial charge on any atom is 0.322 e. The van der Waals surface area contributed by atoms with Gasteiger partial charge < -0.3 is 15.9 Å². The van der Waals surface area contributed by atoms with Crippen molar-refractivity contribution in [2.24, 2.45) is 17.6 Å². The molecule has 7 atom stereocenters. The van der Waals surface area contributed by atoms with E-state index in [-0.39, 0.29) is 17.6 Å². The molecule has 25 heavy (non-hydrogen) atoms. The topological polar surface area (TPSA) is 142 Å². The van der Waals surface area contributed by atoms with Gasteiger partial charge in [0.15, 0.2) is 5.78 Å². The van der Waals surface area contributed by atoms with E-state index in [4.69, 9.17) is 5.73 Å². The molecule has 0 aromatic carbocycles. The summed E-state index contributed by atoms with van der Waals surface area (Å²) in [6.07, 6.45) is 4.48. The van der Waals surface area contributed by atoms with Crippen molar-refractivity contribution in [3.8, 4) is 0 Å². The van der Waals surface area contributed by atoms with Crippen LogP contribution in [0.15, 0.2) is 0 Å². The lowest BCUT2D eigenvalue weighted by Crippen LogP contribution is -2.63. The second-order valence-corrected chi connectivity index (χ2v) is 7.45. The third-order valence-corrected chi connectivity index (χ3v) is 5.57. The van der Waals surface area contributed by atoms with Crippen LogP contribution in [0.5, 0.6) is 0 Å². The van der Waals surface area contributed by atoms with E-state index in [2.05, 4.69) is 10.6 Å². The van der Waals surface area contributed by atoms with Gasteiger partial charge in [0.1, 0.15) is 12.1 Å². The van der Waals surface area contributed by atoms with Crippen molar-refractivity contribution in [2.45, 2.75) is 76.2 Å². The molecule has 0 amide bonds. The van der Waals surface area contributed by atoms with Crippen molar-refractivity contribution in [2.75, 3.05) is 0 Å². The molecule has 8 heteroatoms. The number of fused-ring (bicyclic) bond motifs is 1. The Kier molecular flexibility index (Phi) is 6.53. The van der Waals surface area contributed by atoms with Gasteiger partial charge in [-0.1, -0.05) is 19.3 Å². The SMILES string of the molecule is CC(N)C(N[C@@H](C)C(=O)C1NC(C(=O)O)CC2CCCCC21)C(=O)O. The molecule has 0 radical (unpaired) electrons. The number of nitrogens with one attached hydrogen (secondary N) is 2. The molecule has 1 aliphatic carbocycles. The van der Waals surface area contributed by atoms with Crippen molar-refractivity contribution in [3.63, 3.8) is 0 Å². The third-order valence-electron chi connectivity index (χ3n) is 5.57. The zero-order valence-electron chi connectivity index (χ0n) is 14.8. The highest BCUT2D eigenvalue weighted by Crippen LogP contribution is 2.39. The number of nitrogens with two attached hydrogens (primary N) is 1. The summed E-state index contributed by atoms with van der Waals surface area (Å²) in [6, 6.07) is -3.70. The molecule has 0 aromatic heterocycles. The van der Waals surface area contributed by atoms with E-state index in [1.165, 1.54) is 0 Å². The van der Waals surface area contributed by atoms with Gasteiger partial charge in [-0.05, 0) is 38.5 Å². The molecule has 1 saturated heterocycles. The third kappa shape index (κ3) is 4.56. The van der Waals surface area contributed by atoms with Gasteiger partial charge in [0.25, 0.3) is 0 Å². The Labute approximate surface area is 147 Å². The summed E-state index contributed by atoms with van der Waals surface area (Å²) in [5.41, 5.74) is 5.68. The Balaban J connectivity index is 2.13. The minimum absolute atomic E-state index is 0.111. The van der Waals surface area contributed by atoms with E-state index < -0.39 is 42.1 Å². The Morgan fingerprint density at radius 2 is 1.80 bits per heavy atom. The largest absolute Gasteiger partial charge is 0.480 e. The zero-order valence-corrected chi connectivity index (χ0v) is 14.8. The quantitative estimate of drug-likeness (QED) is 0.428. The van der Waals surface area contributed by atoms with E-state index in [0.717, 1.165) is 25.7 Å². The minimum atomic E-state index is -1.11. The van der Waals surface area contributed by atoms with Crippen LogP contribution in [0.3, 0.4) is 0 Å². The first-order valence-electron chi connectivity index (χ1n) is 8.99. The molecule has 1 aliphatic heterocycles. The molecule has 2 rings (SSSR count). The average molecular weight is 355 g/mol. The van der Waals surface area contributed by atoms with Crippen LogP contribution in [-0.2, 0) is 14.4 Å². The van der Waals surface area contributed by atoms with Crippen LogP contribution in [0, 0.1) is 11.8 Å². The molecule has 142 valence electrons. The number of Topliss-reactive ketones (excluding diaryl/α,β-unsaturated/α-hetero) is 1. The molecule has 8 nitrogen and oxygen atoms in total. The Hall–Kier alpha value is -1.51. The van der Waals surface area contributed by atoms with Crippen LogP contribution < -0.4 is 16.4 Å². The fraction of sp³-hybridized carbons (Fsp3) is 0.824. The molecule has 6 N–H and O–H groups in total. The van der Waals surface area contributed by atoms with Crippen LogP contribution >= 0.6 is 0 Å².